The lowest BCUT2D eigenvalue weighted by molar-refractivity contribution is -0.119. The fourth-order valence-electron chi connectivity index (χ4n) is 3.18. The van der Waals surface area contributed by atoms with Crippen molar-refractivity contribution in [2.75, 3.05) is 25.7 Å². The molecule has 158 valence electrons. The summed E-state index contributed by atoms with van der Waals surface area (Å²) in [4.78, 5) is 28.4. The van der Waals surface area contributed by atoms with Crippen molar-refractivity contribution in [3.8, 4) is 17.2 Å². The monoisotopic (exact) mass is 427 g/mol. The van der Waals surface area contributed by atoms with Gasteiger partial charge in [-0.05, 0) is 36.8 Å². The maximum absolute atomic E-state index is 13.5. The molecule has 2 amide bonds. The number of rotatable bonds is 8. The van der Waals surface area contributed by atoms with Crippen molar-refractivity contribution < 1.29 is 23.8 Å². The molecule has 0 fully saturated rings. The maximum atomic E-state index is 13.5. The highest BCUT2D eigenvalue weighted by molar-refractivity contribution is 8.04. The van der Waals surface area contributed by atoms with Crippen LogP contribution >= 0.6 is 11.8 Å². The second kappa shape index (κ2) is 9.26. The van der Waals surface area contributed by atoms with Gasteiger partial charge in [0.25, 0.3) is 11.8 Å². The van der Waals surface area contributed by atoms with Gasteiger partial charge in [-0.2, -0.15) is 0 Å². The lowest BCUT2D eigenvalue weighted by Gasteiger charge is -2.19. The second-order valence-corrected chi connectivity index (χ2v) is 8.40. The lowest BCUT2D eigenvalue weighted by Crippen LogP contribution is -2.31. The summed E-state index contributed by atoms with van der Waals surface area (Å²) in [6.45, 7) is 6.44. The minimum Gasteiger partial charge on any atom is -0.497 e. The van der Waals surface area contributed by atoms with Gasteiger partial charge in [0.1, 0.15) is 17.2 Å². The number of benzene rings is 2. The predicted molar refractivity (Wildman–Crippen MR) is 119 cm³/mol. The van der Waals surface area contributed by atoms with E-state index >= 15 is 0 Å². The van der Waals surface area contributed by atoms with Crippen LogP contribution in [0.1, 0.15) is 26.3 Å². The van der Waals surface area contributed by atoms with Crippen LogP contribution in [0.4, 0.5) is 5.69 Å². The van der Waals surface area contributed by atoms with Crippen LogP contribution in [0.25, 0.3) is 5.57 Å². The summed E-state index contributed by atoms with van der Waals surface area (Å²) in [5.74, 6) is 0.941. The van der Waals surface area contributed by atoms with Crippen LogP contribution in [-0.4, -0.2) is 37.9 Å². The van der Waals surface area contributed by atoms with Gasteiger partial charge in [0, 0.05) is 11.3 Å². The number of thioether (sulfide) groups is 1. The highest BCUT2D eigenvalue weighted by atomic mass is 32.2. The number of carbonyl (C=O) groups is 2. The van der Waals surface area contributed by atoms with Crippen molar-refractivity contribution >= 4 is 34.8 Å². The van der Waals surface area contributed by atoms with Crippen molar-refractivity contribution in [1.82, 2.24) is 0 Å². The van der Waals surface area contributed by atoms with E-state index in [0.29, 0.717) is 45.6 Å². The average molecular weight is 428 g/mol. The van der Waals surface area contributed by atoms with E-state index in [1.165, 1.54) is 23.8 Å². The van der Waals surface area contributed by atoms with Crippen LogP contribution in [0.3, 0.4) is 0 Å². The molecule has 0 spiro atoms. The summed E-state index contributed by atoms with van der Waals surface area (Å²) in [6, 6.07) is 12.2. The fraction of sp³-hybridized carbons (Fsp3) is 0.304. The van der Waals surface area contributed by atoms with E-state index in [-0.39, 0.29) is 17.1 Å². The average Bonchev–Trinajstić information content (AvgIpc) is 2.97. The number of hydrogen-bond acceptors (Lipinski definition) is 6. The van der Waals surface area contributed by atoms with Gasteiger partial charge in [0.15, 0.2) is 0 Å². The van der Waals surface area contributed by atoms with E-state index in [9.17, 15) is 9.59 Å². The molecule has 3 rings (SSSR count). The molecule has 2 aromatic rings. The Kier molecular flexibility index (Phi) is 6.72. The van der Waals surface area contributed by atoms with E-state index in [1.54, 1.807) is 49.6 Å². The van der Waals surface area contributed by atoms with Crippen molar-refractivity contribution in [2.24, 2.45) is 0 Å². The molecular formula is C23H25NO5S. The third kappa shape index (κ3) is 4.16. The third-order valence-corrected chi connectivity index (χ3v) is 5.56. The standard InChI is InChI=1S/C23H25NO5S/c1-6-29-16-9-7-15(8-10-16)20-21(30-14(2)3)23(26)24(22(20)25)18-12-11-17(27-4)13-19(18)28-5/h7-14H,6H2,1-5H3. The molecule has 2 aromatic carbocycles. The molecule has 1 heterocycles. The van der Waals surface area contributed by atoms with E-state index in [4.69, 9.17) is 14.2 Å². The summed E-state index contributed by atoms with van der Waals surface area (Å²) >= 11 is 1.38. The Bertz CT molecular complexity index is 982. The van der Waals surface area contributed by atoms with Crippen LogP contribution < -0.4 is 19.1 Å². The molecule has 0 unspecified atom stereocenters. The van der Waals surface area contributed by atoms with Crippen LogP contribution in [0.15, 0.2) is 47.4 Å². The van der Waals surface area contributed by atoms with E-state index in [0.717, 1.165) is 0 Å². The lowest BCUT2D eigenvalue weighted by atomic mass is 10.1. The Morgan fingerprint density at radius 2 is 1.60 bits per heavy atom. The number of anilines is 1. The van der Waals surface area contributed by atoms with Gasteiger partial charge >= 0.3 is 0 Å². The number of ether oxygens (including phenoxy) is 3. The molecular weight excluding hydrogens is 402 g/mol. The number of hydrogen-bond donors (Lipinski definition) is 0. The first-order chi connectivity index (χ1) is 14.4. The molecule has 0 saturated heterocycles. The summed E-state index contributed by atoms with van der Waals surface area (Å²) in [5.41, 5.74) is 1.45. The van der Waals surface area contributed by atoms with Crippen LogP contribution in [-0.2, 0) is 9.59 Å². The largest absolute Gasteiger partial charge is 0.497 e. The Balaban J connectivity index is 2.08. The van der Waals surface area contributed by atoms with Gasteiger partial charge < -0.3 is 14.2 Å². The molecule has 0 bridgehead atoms. The molecule has 0 N–H and O–H groups in total. The van der Waals surface area contributed by atoms with Crippen LogP contribution in [0, 0.1) is 0 Å². The molecule has 7 heteroatoms. The Hall–Kier alpha value is -2.93. The van der Waals surface area contributed by atoms with Crippen molar-refractivity contribution in [3.05, 3.63) is 52.9 Å². The Morgan fingerprint density at radius 3 is 2.17 bits per heavy atom. The minimum absolute atomic E-state index is 0.132. The molecule has 1 aliphatic rings. The van der Waals surface area contributed by atoms with Gasteiger partial charge in [-0.25, -0.2) is 4.90 Å². The quantitative estimate of drug-likeness (QED) is 0.577. The Labute approximate surface area is 180 Å². The SMILES string of the molecule is CCOc1ccc(C2=C(SC(C)C)C(=O)N(c3ccc(OC)cc3OC)C2=O)cc1. The van der Waals surface area contributed by atoms with Gasteiger partial charge in [-0.1, -0.05) is 26.0 Å². The van der Waals surface area contributed by atoms with Crippen molar-refractivity contribution in [3.63, 3.8) is 0 Å². The summed E-state index contributed by atoms with van der Waals surface area (Å²) in [5, 5.41) is 0.132. The van der Waals surface area contributed by atoms with E-state index in [2.05, 4.69) is 0 Å². The van der Waals surface area contributed by atoms with E-state index < -0.39 is 0 Å². The molecule has 0 aromatic heterocycles. The third-order valence-electron chi connectivity index (χ3n) is 4.48. The number of imide groups is 1. The predicted octanol–water partition coefficient (Wildman–Crippen LogP) is 4.53. The Morgan fingerprint density at radius 1 is 0.933 bits per heavy atom. The number of methoxy groups -OCH3 is 2. The normalized spacial score (nSPS) is 14.0. The van der Waals surface area contributed by atoms with Gasteiger partial charge in [-0.15, -0.1) is 11.8 Å². The van der Waals surface area contributed by atoms with Gasteiger partial charge in [-0.3, -0.25) is 9.59 Å². The van der Waals surface area contributed by atoms with Crippen LogP contribution in [0.2, 0.25) is 0 Å². The smallest absolute Gasteiger partial charge is 0.272 e. The molecule has 6 nitrogen and oxygen atoms in total. The molecule has 30 heavy (non-hydrogen) atoms. The zero-order chi connectivity index (χ0) is 21.8. The summed E-state index contributed by atoms with van der Waals surface area (Å²) < 4.78 is 16.2. The van der Waals surface area contributed by atoms with E-state index in [1.807, 2.05) is 20.8 Å². The van der Waals surface area contributed by atoms with Gasteiger partial charge in [0.2, 0.25) is 0 Å². The van der Waals surface area contributed by atoms with Gasteiger partial charge in [0.05, 0.1) is 37.0 Å². The maximum Gasteiger partial charge on any atom is 0.272 e. The highest BCUT2D eigenvalue weighted by Crippen LogP contribution is 2.43. The molecule has 0 atom stereocenters. The van der Waals surface area contributed by atoms with Crippen molar-refractivity contribution in [1.29, 1.82) is 0 Å². The van der Waals surface area contributed by atoms with Crippen molar-refractivity contribution in [2.45, 2.75) is 26.0 Å². The zero-order valence-electron chi connectivity index (χ0n) is 17.7. The first-order valence-electron chi connectivity index (χ1n) is 9.66. The first-order valence-corrected chi connectivity index (χ1v) is 10.5. The number of carbonyl (C=O) groups excluding carboxylic acids is 2. The topological polar surface area (TPSA) is 65.1 Å². The minimum atomic E-state index is -0.379. The second-order valence-electron chi connectivity index (χ2n) is 6.81. The summed E-state index contributed by atoms with van der Waals surface area (Å²) in [6.07, 6.45) is 0. The number of amides is 2. The molecule has 1 aliphatic heterocycles. The highest BCUT2D eigenvalue weighted by Gasteiger charge is 2.41. The molecule has 0 radical (unpaired) electrons. The number of nitrogens with zero attached hydrogens (tertiary/aromatic N) is 1. The van der Waals surface area contributed by atoms with Crippen LogP contribution in [0.5, 0.6) is 17.2 Å². The zero-order valence-corrected chi connectivity index (χ0v) is 18.5. The summed E-state index contributed by atoms with van der Waals surface area (Å²) in [7, 11) is 3.04. The molecule has 0 saturated carbocycles. The first kappa shape index (κ1) is 21.8. The fourth-order valence-corrected chi connectivity index (χ4v) is 4.17. The molecule has 0 aliphatic carbocycles.